The van der Waals surface area contributed by atoms with Gasteiger partial charge in [-0.15, -0.1) is 0 Å². The number of methoxy groups -OCH3 is 2. The fraction of sp³-hybridized carbons (Fsp3) is 0.250. The van der Waals surface area contributed by atoms with Gasteiger partial charge in [-0.25, -0.2) is 0 Å². The number of benzene rings is 2. The minimum absolute atomic E-state index is 0.0275. The standard InChI is InChI=1S/C16H18O5/c1-20-15-6-3-10(7-16(15)21-2)13(9-17)12-5-4-11(18)8-14(12)19/h3-8,13,17-19H,9H2,1-2H3. The van der Waals surface area contributed by atoms with E-state index in [0.29, 0.717) is 17.1 Å². The van der Waals surface area contributed by atoms with Gasteiger partial charge in [0, 0.05) is 17.5 Å². The molecule has 0 aliphatic heterocycles. The van der Waals surface area contributed by atoms with Gasteiger partial charge in [0.25, 0.3) is 0 Å². The summed E-state index contributed by atoms with van der Waals surface area (Å²) < 4.78 is 10.4. The van der Waals surface area contributed by atoms with Crippen molar-refractivity contribution in [3.63, 3.8) is 0 Å². The van der Waals surface area contributed by atoms with Crippen LogP contribution in [-0.4, -0.2) is 36.1 Å². The van der Waals surface area contributed by atoms with E-state index in [1.54, 1.807) is 31.4 Å². The Morgan fingerprint density at radius 2 is 1.67 bits per heavy atom. The lowest BCUT2D eigenvalue weighted by Gasteiger charge is -2.18. The van der Waals surface area contributed by atoms with E-state index < -0.39 is 5.92 Å². The van der Waals surface area contributed by atoms with Gasteiger partial charge in [-0.3, -0.25) is 0 Å². The van der Waals surface area contributed by atoms with Gasteiger partial charge in [0.1, 0.15) is 11.5 Å². The maximum Gasteiger partial charge on any atom is 0.161 e. The molecule has 0 aliphatic rings. The Labute approximate surface area is 123 Å². The van der Waals surface area contributed by atoms with Crippen LogP contribution in [0.5, 0.6) is 23.0 Å². The summed E-state index contributed by atoms with van der Waals surface area (Å²) in [5, 5.41) is 29.0. The molecule has 0 radical (unpaired) electrons. The molecule has 0 aromatic heterocycles. The molecule has 0 heterocycles. The maximum absolute atomic E-state index is 9.95. The fourth-order valence-corrected chi connectivity index (χ4v) is 2.28. The van der Waals surface area contributed by atoms with E-state index >= 15 is 0 Å². The third kappa shape index (κ3) is 3.03. The van der Waals surface area contributed by atoms with Gasteiger partial charge in [-0.1, -0.05) is 12.1 Å². The molecule has 2 rings (SSSR count). The van der Waals surface area contributed by atoms with E-state index in [4.69, 9.17) is 9.47 Å². The molecule has 3 N–H and O–H groups in total. The van der Waals surface area contributed by atoms with Crippen molar-refractivity contribution >= 4 is 0 Å². The average molecular weight is 290 g/mol. The normalized spacial score (nSPS) is 12.0. The number of phenolic OH excluding ortho intramolecular Hbond substituents is 2. The van der Waals surface area contributed by atoms with E-state index in [1.807, 2.05) is 0 Å². The van der Waals surface area contributed by atoms with E-state index in [1.165, 1.54) is 19.2 Å². The summed E-state index contributed by atoms with van der Waals surface area (Å²) in [4.78, 5) is 0. The molecule has 2 aromatic carbocycles. The molecule has 2 aromatic rings. The quantitative estimate of drug-likeness (QED) is 0.787. The summed E-state index contributed by atoms with van der Waals surface area (Å²) in [6.07, 6.45) is 0. The molecule has 0 saturated carbocycles. The van der Waals surface area contributed by atoms with E-state index in [9.17, 15) is 15.3 Å². The highest BCUT2D eigenvalue weighted by Gasteiger charge is 2.19. The molecule has 1 atom stereocenters. The van der Waals surface area contributed by atoms with Crippen LogP contribution in [0.1, 0.15) is 17.0 Å². The van der Waals surface area contributed by atoms with Gasteiger partial charge in [0.15, 0.2) is 11.5 Å². The largest absolute Gasteiger partial charge is 0.508 e. The minimum Gasteiger partial charge on any atom is -0.508 e. The highest BCUT2D eigenvalue weighted by molar-refractivity contribution is 5.49. The first-order valence-corrected chi connectivity index (χ1v) is 6.45. The Bertz CT molecular complexity index is 624. The second-order valence-corrected chi connectivity index (χ2v) is 4.59. The Morgan fingerprint density at radius 1 is 0.952 bits per heavy atom. The number of aromatic hydroxyl groups is 2. The van der Waals surface area contributed by atoms with Crippen molar-refractivity contribution < 1.29 is 24.8 Å². The van der Waals surface area contributed by atoms with Crippen LogP contribution in [0.2, 0.25) is 0 Å². The lowest BCUT2D eigenvalue weighted by molar-refractivity contribution is 0.277. The van der Waals surface area contributed by atoms with Gasteiger partial charge in [0.2, 0.25) is 0 Å². The molecule has 0 amide bonds. The van der Waals surface area contributed by atoms with Gasteiger partial charge < -0.3 is 24.8 Å². The summed E-state index contributed by atoms with van der Waals surface area (Å²) in [6, 6.07) is 9.61. The summed E-state index contributed by atoms with van der Waals surface area (Å²) in [7, 11) is 3.08. The molecule has 21 heavy (non-hydrogen) atoms. The summed E-state index contributed by atoms with van der Waals surface area (Å²) in [5.74, 6) is 0.620. The van der Waals surface area contributed by atoms with Crippen LogP contribution in [0, 0.1) is 0 Å². The van der Waals surface area contributed by atoms with Crippen molar-refractivity contribution in [2.75, 3.05) is 20.8 Å². The van der Waals surface area contributed by atoms with Crippen molar-refractivity contribution in [3.8, 4) is 23.0 Å². The Hall–Kier alpha value is -2.40. The van der Waals surface area contributed by atoms with Crippen LogP contribution >= 0.6 is 0 Å². The second kappa shape index (κ2) is 6.37. The van der Waals surface area contributed by atoms with Gasteiger partial charge in [-0.2, -0.15) is 0 Å². The summed E-state index contributed by atoms with van der Waals surface area (Å²) in [6.45, 7) is -0.187. The number of hydrogen-bond acceptors (Lipinski definition) is 5. The van der Waals surface area contributed by atoms with Crippen LogP contribution < -0.4 is 9.47 Å². The first-order chi connectivity index (χ1) is 10.1. The van der Waals surface area contributed by atoms with Crippen molar-refractivity contribution in [1.82, 2.24) is 0 Å². The van der Waals surface area contributed by atoms with Crippen LogP contribution in [0.15, 0.2) is 36.4 Å². The Balaban J connectivity index is 2.46. The van der Waals surface area contributed by atoms with E-state index in [-0.39, 0.29) is 18.1 Å². The van der Waals surface area contributed by atoms with Crippen molar-refractivity contribution in [2.45, 2.75) is 5.92 Å². The van der Waals surface area contributed by atoms with Crippen LogP contribution in [0.25, 0.3) is 0 Å². The maximum atomic E-state index is 9.95. The number of aliphatic hydroxyl groups excluding tert-OH is 1. The van der Waals surface area contributed by atoms with Gasteiger partial charge in [0.05, 0.1) is 20.8 Å². The number of aliphatic hydroxyl groups is 1. The molecule has 0 saturated heterocycles. The first-order valence-electron chi connectivity index (χ1n) is 6.45. The molecule has 5 nitrogen and oxygen atoms in total. The molecular weight excluding hydrogens is 272 g/mol. The van der Waals surface area contributed by atoms with Crippen molar-refractivity contribution in [1.29, 1.82) is 0 Å². The second-order valence-electron chi connectivity index (χ2n) is 4.59. The number of phenols is 2. The molecule has 1 unspecified atom stereocenters. The lowest BCUT2D eigenvalue weighted by Crippen LogP contribution is -2.07. The van der Waals surface area contributed by atoms with Crippen LogP contribution in [0.4, 0.5) is 0 Å². The van der Waals surface area contributed by atoms with E-state index in [0.717, 1.165) is 5.56 Å². The Morgan fingerprint density at radius 3 is 2.24 bits per heavy atom. The predicted molar refractivity (Wildman–Crippen MR) is 78.2 cm³/mol. The monoisotopic (exact) mass is 290 g/mol. The Kier molecular flexibility index (Phi) is 4.55. The summed E-state index contributed by atoms with van der Waals surface area (Å²) >= 11 is 0. The first kappa shape index (κ1) is 15.0. The SMILES string of the molecule is COc1ccc(C(CO)c2ccc(O)cc2O)cc1OC. The van der Waals surface area contributed by atoms with E-state index in [2.05, 4.69) is 0 Å². The number of ether oxygens (including phenoxy) is 2. The smallest absolute Gasteiger partial charge is 0.161 e. The average Bonchev–Trinajstić information content (AvgIpc) is 2.49. The number of hydrogen-bond donors (Lipinski definition) is 3. The van der Waals surface area contributed by atoms with Crippen molar-refractivity contribution in [2.24, 2.45) is 0 Å². The highest BCUT2D eigenvalue weighted by atomic mass is 16.5. The zero-order valence-electron chi connectivity index (χ0n) is 11.9. The minimum atomic E-state index is -0.426. The lowest BCUT2D eigenvalue weighted by atomic mass is 9.91. The summed E-state index contributed by atoms with van der Waals surface area (Å²) in [5.41, 5.74) is 1.30. The zero-order chi connectivity index (χ0) is 15.4. The zero-order valence-corrected chi connectivity index (χ0v) is 11.9. The topological polar surface area (TPSA) is 79.2 Å². The van der Waals surface area contributed by atoms with Gasteiger partial charge in [-0.05, 0) is 23.8 Å². The van der Waals surface area contributed by atoms with Crippen molar-refractivity contribution in [3.05, 3.63) is 47.5 Å². The number of rotatable bonds is 5. The van der Waals surface area contributed by atoms with Gasteiger partial charge >= 0.3 is 0 Å². The van der Waals surface area contributed by atoms with Crippen LogP contribution in [-0.2, 0) is 0 Å². The highest BCUT2D eigenvalue weighted by Crippen LogP contribution is 2.37. The molecule has 0 aliphatic carbocycles. The molecule has 5 heteroatoms. The third-order valence-corrected chi connectivity index (χ3v) is 3.38. The predicted octanol–water partition coefficient (Wildman–Crippen LogP) is 2.24. The fourth-order valence-electron chi connectivity index (χ4n) is 2.28. The van der Waals surface area contributed by atoms with Crippen LogP contribution in [0.3, 0.4) is 0 Å². The molecule has 0 spiro atoms. The molecule has 0 bridgehead atoms. The molecule has 112 valence electrons. The molecule has 0 fully saturated rings. The third-order valence-electron chi connectivity index (χ3n) is 3.38. The molecular formula is C16H18O5.